The molecule has 2 aromatic rings. The highest BCUT2D eigenvalue weighted by molar-refractivity contribution is 7.08. The third kappa shape index (κ3) is 2.97. The molecule has 2 rings (SSSR count). The first-order valence-corrected chi connectivity index (χ1v) is 6.68. The van der Waals surface area contributed by atoms with Crippen LogP contribution >= 0.6 is 11.3 Å². The summed E-state index contributed by atoms with van der Waals surface area (Å²) in [7, 11) is 2.31. The van der Waals surface area contributed by atoms with Gasteiger partial charge in [-0.05, 0) is 11.4 Å². The third-order valence-electron chi connectivity index (χ3n) is 2.63. The number of carbonyl (C=O) groups excluding carboxylic acids is 3. The summed E-state index contributed by atoms with van der Waals surface area (Å²) in [4.78, 5) is 35.4. The number of Topliss-reactive ketones (excluding diaryl/α,β-unsaturated/α-hetero) is 1. The molecule has 2 heterocycles. The molecule has 0 aliphatic carbocycles. The molecule has 0 aliphatic heterocycles. The van der Waals surface area contributed by atoms with Crippen LogP contribution in [0.5, 0.6) is 0 Å². The molecule has 9 heteroatoms. The topological polar surface area (TPSA) is 100 Å². The lowest BCUT2D eigenvalue weighted by molar-refractivity contribution is 0.0543. The van der Waals surface area contributed by atoms with Crippen LogP contribution in [0.2, 0.25) is 0 Å². The molecular weight excluding hydrogens is 298 g/mol. The normalized spacial score (nSPS) is 10.2. The zero-order valence-electron chi connectivity index (χ0n) is 11.2. The number of ether oxygens (including phenoxy) is 2. The fourth-order valence-electron chi connectivity index (χ4n) is 1.61. The second-order valence-electron chi connectivity index (χ2n) is 3.86. The summed E-state index contributed by atoms with van der Waals surface area (Å²) in [5.74, 6) is -1.91. The van der Waals surface area contributed by atoms with Crippen LogP contribution in [0.15, 0.2) is 16.8 Å². The van der Waals surface area contributed by atoms with Crippen molar-refractivity contribution < 1.29 is 23.9 Å². The first-order chi connectivity index (χ1) is 10.1. The molecule has 0 aromatic carbocycles. The van der Waals surface area contributed by atoms with E-state index in [-0.39, 0.29) is 23.7 Å². The molecule has 0 radical (unpaired) electrons. The molecule has 2 aromatic heterocycles. The SMILES string of the molecule is COC(=O)c1nnn(CC(=O)c2ccsc2)c1C(=O)OC. The monoisotopic (exact) mass is 309 g/mol. The Hall–Kier alpha value is -2.55. The van der Waals surface area contributed by atoms with Crippen molar-refractivity contribution in [2.24, 2.45) is 0 Å². The fourth-order valence-corrected chi connectivity index (χ4v) is 2.27. The van der Waals surface area contributed by atoms with Crippen molar-refractivity contribution in [2.75, 3.05) is 14.2 Å². The lowest BCUT2D eigenvalue weighted by Gasteiger charge is -2.04. The first-order valence-electron chi connectivity index (χ1n) is 5.74. The van der Waals surface area contributed by atoms with Gasteiger partial charge in [-0.15, -0.1) is 5.10 Å². The highest BCUT2D eigenvalue weighted by Crippen LogP contribution is 2.12. The van der Waals surface area contributed by atoms with Crippen molar-refractivity contribution in [1.82, 2.24) is 15.0 Å². The number of hydrogen-bond acceptors (Lipinski definition) is 8. The van der Waals surface area contributed by atoms with E-state index in [4.69, 9.17) is 0 Å². The van der Waals surface area contributed by atoms with Gasteiger partial charge in [-0.2, -0.15) is 11.3 Å². The maximum atomic E-state index is 12.0. The average molecular weight is 309 g/mol. The van der Waals surface area contributed by atoms with Crippen LogP contribution in [0, 0.1) is 0 Å². The third-order valence-corrected chi connectivity index (χ3v) is 3.31. The smallest absolute Gasteiger partial charge is 0.361 e. The van der Waals surface area contributed by atoms with Gasteiger partial charge in [-0.3, -0.25) is 4.79 Å². The van der Waals surface area contributed by atoms with Crippen molar-refractivity contribution in [3.63, 3.8) is 0 Å². The number of nitrogens with zero attached hydrogens (tertiary/aromatic N) is 3. The minimum absolute atomic E-state index is 0.215. The number of ketones is 1. The van der Waals surface area contributed by atoms with Gasteiger partial charge in [0.2, 0.25) is 5.69 Å². The number of rotatable bonds is 5. The summed E-state index contributed by atoms with van der Waals surface area (Å²) in [5, 5.41) is 10.7. The van der Waals surface area contributed by atoms with Crippen LogP contribution in [0.3, 0.4) is 0 Å². The summed E-state index contributed by atoms with van der Waals surface area (Å²) in [5.41, 5.74) is -0.0127. The second kappa shape index (κ2) is 6.27. The minimum atomic E-state index is -0.829. The van der Waals surface area contributed by atoms with E-state index in [0.717, 1.165) is 18.9 Å². The van der Waals surface area contributed by atoms with E-state index in [1.807, 2.05) is 0 Å². The molecule has 0 saturated carbocycles. The van der Waals surface area contributed by atoms with Crippen molar-refractivity contribution in [1.29, 1.82) is 0 Å². The van der Waals surface area contributed by atoms with Crippen molar-refractivity contribution in [3.05, 3.63) is 33.8 Å². The summed E-state index contributed by atoms with van der Waals surface area (Å²) in [6.45, 7) is -0.231. The van der Waals surface area contributed by atoms with E-state index in [9.17, 15) is 14.4 Å². The number of aromatic nitrogens is 3. The van der Waals surface area contributed by atoms with Gasteiger partial charge in [0.15, 0.2) is 11.5 Å². The molecule has 0 saturated heterocycles. The first kappa shape index (κ1) is 14.9. The van der Waals surface area contributed by atoms with Crippen LogP contribution in [-0.2, 0) is 16.0 Å². The Bertz CT molecular complexity index is 677. The molecule has 0 bridgehead atoms. The van der Waals surface area contributed by atoms with E-state index in [2.05, 4.69) is 19.8 Å². The largest absolute Gasteiger partial charge is 0.464 e. The molecule has 0 spiro atoms. The summed E-state index contributed by atoms with van der Waals surface area (Å²) >= 11 is 1.38. The quantitative estimate of drug-likeness (QED) is 0.594. The Labute approximate surface area is 123 Å². The van der Waals surface area contributed by atoms with Gasteiger partial charge in [-0.25, -0.2) is 14.3 Å². The molecule has 0 fully saturated rings. The van der Waals surface area contributed by atoms with Crippen LogP contribution in [-0.4, -0.2) is 46.9 Å². The van der Waals surface area contributed by atoms with Gasteiger partial charge >= 0.3 is 11.9 Å². The van der Waals surface area contributed by atoms with E-state index in [0.29, 0.717) is 5.56 Å². The molecule has 21 heavy (non-hydrogen) atoms. The van der Waals surface area contributed by atoms with Crippen LogP contribution in [0.25, 0.3) is 0 Å². The summed E-state index contributed by atoms with van der Waals surface area (Å²) in [6.07, 6.45) is 0. The average Bonchev–Trinajstić information content (AvgIpc) is 3.15. The highest BCUT2D eigenvalue weighted by Gasteiger charge is 2.27. The lowest BCUT2D eigenvalue weighted by atomic mass is 10.2. The number of methoxy groups -OCH3 is 2. The van der Waals surface area contributed by atoms with Crippen molar-refractivity contribution >= 4 is 29.1 Å². The number of esters is 2. The van der Waals surface area contributed by atoms with Gasteiger partial charge in [0.1, 0.15) is 6.54 Å². The van der Waals surface area contributed by atoms with Gasteiger partial charge < -0.3 is 9.47 Å². The Balaban J connectivity index is 2.35. The molecular formula is C12H11N3O5S. The van der Waals surface area contributed by atoms with E-state index in [1.54, 1.807) is 16.8 Å². The fraction of sp³-hybridized carbons (Fsp3) is 0.250. The zero-order valence-corrected chi connectivity index (χ0v) is 12.0. The number of carbonyl (C=O) groups is 3. The predicted molar refractivity (Wildman–Crippen MR) is 71.4 cm³/mol. The van der Waals surface area contributed by atoms with E-state index >= 15 is 0 Å². The van der Waals surface area contributed by atoms with Gasteiger partial charge in [-0.1, -0.05) is 5.21 Å². The minimum Gasteiger partial charge on any atom is -0.464 e. The molecule has 0 aliphatic rings. The van der Waals surface area contributed by atoms with Crippen molar-refractivity contribution in [3.8, 4) is 0 Å². The Morgan fingerprint density at radius 3 is 2.52 bits per heavy atom. The summed E-state index contributed by atoms with van der Waals surface area (Å²) < 4.78 is 10.1. The van der Waals surface area contributed by atoms with Crippen LogP contribution in [0.1, 0.15) is 31.3 Å². The highest BCUT2D eigenvalue weighted by atomic mass is 32.1. The van der Waals surface area contributed by atoms with Crippen molar-refractivity contribution in [2.45, 2.75) is 6.54 Å². The van der Waals surface area contributed by atoms with E-state index < -0.39 is 11.9 Å². The second-order valence-corrected chi connectivity index (χ2v) is 4.64. The number of thiophene rings is 1. The predicted octanol–water partition coefficient (Wildman–Crippen LogP) is 0.796. The molecule has 0 amide bonds. The standard InChI is InChI=1S/C12H11N3O5S/c1-19-11(17)9-10(12(18)20-2)15(14-13-9)5-8(16)7-3-4-21-6-7/h3-4,6H,5H2,1-2H3. The Morgan fingerprint density at radius 2 is 1.95 bits per heavy atom. The van der Waals surface area contributed by atoms with Gasteiger partial charge in [0.05, 0.1) is 14.2 Å². The zero-order chi connectivity index (χ0) is 15.4. The van der Waals surface area contributed by atoms with E-state index in [1.165, 1.54) is 11.3 Å². The molecule has 0 N–H and O–H groups in total. The molecule has 110 valence electrons. The molecule has 0 atom stereocenters. The maximum Gasteiger partial charge on any atom is 0.361 e. The summed E-state index contributed by atoms with van der Waals surface area (Å²) in [6, 6.07) is 1.66. The molecule has 8 nitrogen and oxygen atoms in total. The molecule has 0 unspecified atom stereocenters. The van der Waals surface area contributed by atoms with Gasteiger partial charge in [0.25, 0.3) is 0 Å². The lowest BCUT2D eigenvalue weighted by Crippen LogP contribution is -2.19. The number of hydrogen-bond donors (Lipinski definition) is 0. The Kier molecular flexibility index (Phi) is 4.43. The van der Waals surface area contributed by atoms with Crippen LogP contribution < -0.4 is 0 Å². The Morgan fingerprint density at radius 1 is 1.24 bits per heavy atom. The van der Waals surface area contributed by atoms with Gasteiger partial charge in [0, 0.05) is 10.9 Å². The maximum absolute atomic E-state index is 12.0. The van der Waals surface area contributed by atoms with Crippen LogP contribution in [0.4, 0.5) is 0 Å².